The van der Waals surface area contributed by atoms with E-state index in [4.69, 9.17) is 5.73 Å². The van der Waals surface area contributed by atoms with Crippen LogP contribution >= 0.6 is 12.4 Å². The quantitative estimate of drug-likeness (QED) is 0.621. The maximum Gasteiger partial charge on any atom is 0.406 e. The highest BCUT2D eigenvalue weighted by Crippen LogP contribution is 2.38. The molecule has 0 aromatic carbocycles. The number of nitrogens with two attached hydrogens (primary N) is 1. The molecule has 0 aromatic rings. The van der Waals surface area contributed by atoms with Gasteiger partial charge in [-0.1, -0.05) is 25.7 Å². The molecule has 0 aliphatic heterocycles. The Morgan fingerprint density at radius 2 is 1.31 bits per heavy atom. The van der Waals surface area contributed by atoms with Gasteiger partial charge in [0, 0.05) is 0 Å². The first-order valence-electron chi connectivity index (χ1n) is 4.31. The second-order valence-electron chi connectivity index (χ2n) is 3.57. The highest BCUT2D eigenvalue weighted by atomic mass is 35.5. The summed E-state index contributed by atoms with van der Waals surface area (Å²) in [6, 6.07) is 0. The molecule has 1 saturated carbocycles. The van der Waals surface area contributed by atoms with E-state index >= 15 is 0 Å². The maximum absolute atomic E-state index is 12.4. The molecule has 0 amide bonds. The Balaban J connectivity index is 0.00000144. The summed E-state index contributed by atoms with van der Waals surface area (Å²) in [6.07, 6.45) is -1.06. The summed E-state index contributed by atoms with van der Waals surface area (Å²) >= 11 is 0. The Morgan fingerprint density at radius 1 is 0.923 bits per heavy atom. The summed E-state index contributed by atoms with van der Waals surface area (Å²) in [7, 11) is 0. The van der Waals surface area contributed by atoms with Crippen LogP contribution in [0, 0.1) is 0 Å². The van der Waals surface area contributed by atoms with E-state index in [9.17, 15) is 13.2 Å². The van der Waals surface area contributed by atoms with Gasteiger partial charge in [-0.05, 0) is 12.8 Å². The fourth-order valence-electron chi connectivity index (χ4n) is 1.64. The number of hydrogen-bond acceptors (Lipinski definition) is 1. The summed E-state index contributed by atoms with van der Waals surface area (Å²) in [5.41, 5.74) is 3.41. The first-order chi connectivity index (χ1) is 5.46. The van der Waals surface area contributed by atoms with E-state index in [-0.39, 0.29) is 25.2 Å². The van der Waals surface area contributed by atoms with Crippen LogP contribution in [0.15, 0.2) is 0 Å². The van der Waals surface area contributed by atoms with Crippen molar-refractivity contribution in [2.75, 3.05) is 0 Å². The predicted octanol–water partition coefficient (Wildman–Crippen LogP) is 3.02. The Hall–Kier alpha value is 0.0400. The lowest BCUT2D eigenvalue weighted by molar-refractivity contribution is -0.189. The van der Waals surface area contributed by atoms with Crippen LogP contribution in [0.25, 0.3) is 0 Å². The Labute approximate surface area is 82.3 Å². The smallest absolute Gasteiger partial charge is 0.318 e. The topological polar surface area (TPSA) is 26.0 Å². The summed E-state index contributed by atoms with van der Waals surface area (Å²) in [6.45, 7) is 0. The van der Waals surface area contributed by atoms with Crippen LogP contribution < -0.4 is 5.73 Å². The molecule has 0 bridgehead atoms. The second-order valence-corrected chi connectivity index (χ2v) is 3.57. The Bertz CT molecular complexity index is 150. The van der Waals surface area contributed by atoms with E-state index in [1.807, 2.05) is 0 Å². The van der Waals surface area contributed by atoms with Gasteiger partial charge in [0.15, 0.2) is 0 Å². The highest BCUT2D eigenvalue weighted by molar-refractivity contribution is 5.85. The zero-order valence-electron chi connectivity index (χ0n) is 7.36. The second kappa shape index (κ2) is 4.51. The molecule has 1 aliphatic rings. The summed E-state index contributed by atoms with van der Waals surface area (Å²) in [5.74, 6) is 0. The van der Waals surface area contributed by atoms with Crippen LogP contribution in [-0.4, -0.2) is 11.7 Å². The molecule has 1 aliphatic carbocycles. The zero-order valence-corrected chi connectivity index (χ0v) is 8.18. The van der Waals surface area contributed by atoms with Gasteiger partial charge in [0.25, 0.3) is 0 Å². The molecule has 2 N–H and O–H groups in total. The number of hydrogen-bond donors (Lipinski definition) is 1. The minimum atomic E-state index is -4.22. The van der Waals surface area contributed by atoms with Crippen LogP contribution in [0.3, 0.4) is 0 Å². The third-order valence-electron chi connectivity index (χ3n) is 2.56. The van der Waals surface area contributed by atoms with Gasteiger partial charge in [-0.2, -0.15) is 13.2 Å². The normalized spacial score (nSPS) is 23.1. The van der Waals surface area contributed by atoms with Gasteiger partial charge in [0.2, 0.25) is 0 Å². The van der Waals surface area contributed by atoms with E-state index in [0.29, 0.717) is 12.8 Å². The third-order valence-corrected chi connectivity index (χ3v) is 2.56. The van der Waals surface area contributed by atoms with Gasteiger partial charge >= 0.3 is 6.18 Å². The van der Waals surface area contributed by atoms with Crippen molar-refractivity contribution in [2.45, 2.75) is 50.2 Å². The minimum absolute atomic E-state index is 0. The van der Waals surface area contributed by atoms with Crippen molar-refractivity contribution in [3.63, 3.8) is 0 Å². The average molecular weight is 218 g/mol. The number of halogens is 4. The maximum atomic E-state index is 12.4. The highest BCUT2D eigenvalue weighted by Gasteiger charge is 2.50. The molecule has 5 heteroatoms. The van der Waals surface area contributed by atoms with Crippen LogP contribution in [0.5, 0.6) is 0 Å². The Morgan fingerprint density at radius 3 is 1.62 bits per heavy atom. The molecular formula is C8H15ClF3N. The molecule has 1 nitrogen and oxygen atoms in total. The monoisotopic (exact) mass is 217 g/mol. The van der Waals surface area contributed by atoms with Gasteiger partial charge in [-0.15, -0.1) is 12.4 Å². The van der Waals surface area contributed by atoms with Gasteiger partial charge in [0.1, 0.15) is 5.54 Å². The van der Waals surface area contributed by atoms with Crippen molar-refractivity contribution >= 4 is 12.4 Å². The van der Waals surface area contributed by atoms with Crippen molar-refractivity contribution < 1.29 is 13.2 Å². The first-order valence-corrected chi connectivity index (χ1v) is 4.31. The lowest BCUT2D eigenvalue weighted by Gasteiger charge is -2.30. The van der Waals surface area contributed by atoms with Crippen molar-refractivity contribution in [1.82, 2.24) is 0 Å². The van der Waals surface area contributed by atoms with Crippen molar-refractivity contribution in [1.29, 1.82) is 0 Å². The minimum Gasteiger partial charge on any atom is -0.318 e. The lowest BCUT2D eigenvalue weighted by atomic mass is 9.91. The molecule has 1 rings (SSSR count). The summed E-state index contributed by atoms with van der Waals surface area (Å²) in [4.78, 5) is 0. The fraction of sp³-hybridized carbons (Fsp3) is 1.00. The van der Waals surface area contributed by atoms with Crippen molar-refractivity contribution in [3.8, 4) is 0 Å². The molecule has 13 heavy (non-hydrogen) atoms. The fourth-order valence-corrected chi connectivity index (χ4v) is 1.64. The number of rotatable bonds is 0. The summed E-state index contributed by atoms with van der Waals surface area (Å²) in [5, 5.41) is 0. The number of alkyl halides is 3. The van der Waals surface area contributed by atoms with E-state index < -0.39 is 11.7 Å². The first kappa shape index (κ1) is 13.0. The average Bonchev–Trinajstić information content (AvgIpc) is 2.12. The molecule has 0 aromatic heterocycles. The lowest BCUT2D eigenvalue weighted by Crippen LogP contribution is -2.52. The van der Waals surface area contributed by atoms with Crippen LogP contribution in [0.1, 0.15) is 38.5 Å². The van der Waals surface area contributed by atoms with Gasteiger partial charge in [-0.3, -0.25) is 0 Å². The SMILES string of the molecule is Cl.NC1(C(F)(F)F)CCCCCC1. The largest absolute Gasteiger partial charge is 0.406 e. The summed E-state index contributed by atoms with van der Waals surface area (Å²) < 4.78 is 37.1. The third kappa shape index (κ3) is 3.02. The van der Waals surface area contributed by atoms with Crippen LogP contribution in [-0.2, 0) is 0 Å². The van der Waals surface area contributed by atoms with Crippen LogP contribution in [0.4, 0.5) is 13.2 Å². The molecular weight excluding hydrogens is 203 g/mol. The molecule has 0 saturated heterocycles. The zero-order chi connectivity index (χ0) is 9.24. The molecule has 80 valence electrons. The van der Waals surface area contributed by atoms with Gasteiger partial charge in [0.05, 0.1) is 0 Å². The van der Waals surface area contributed by atoms with E-state index in [0.717, 1.165) is 12.8 Å². The van der Waals surface area contributed by atoms with Crippen molar-refractivity contribution in [2.24, 2.45) is 5.73 Å². The van der Waals surface area contributed by atoms with Crippen molar-refractivity contribution in [3.05, 3.63) is 0 Å². The molecule has 0 radical (unpaired) electrons. The van der Waals surface area contributed by atoms with Gasteiger partial charge < -0.3 is 5.73 Å². The molecule has 0 heterocycles. The molecule has 0 atom stereocenters. The van der Waals surface area contributed by atoms with E-state index in [1.54, 1.807) is 0 Å². The van der Waals surface area contributed by atoms with E-state index in [1.165, 1.54) is 0 Å². The standard InChI is InChI=1S/C8H14F3N.ClH/c9-8(10,11)7(12)5-3-1-2-4-6-7;/h1-6,12H2;1H. The predicted molar refractivity (Wildman–Crippen MR) is 47.9 cm³/mol. The molecule has 0 unspecified atom stereocenters. The van der Waals surface area contributed by atoms with E-state index in [2.05, 4.69) is 0 Å². The van der Waals surface area contributed by atoms with Gasteiger partial charge in [-0.25, -0.2) is 0 Å². The van der Waals surface area contributed by atoms with Crippen LogP contribution in [0.2, 0.25) is 0 Å². The molecule has 0 spiro atoms. The molecule has 1 fully saturated rings. The Kier molecular flexibility index (Phi) is 4.52.